The fourth-order valence-corrected chi connectivity index (χ4v) is 1.54. The van der Waals surface area contributed by atoms with Crippen LogP contribution in [0.25, 0.3) is 0 Å². The third-order valence-electron chi connectivity index (χ3n) is 2.49. The number of nitrogens with zero attached hydrogens (tertiary/aromatic N) is 1. The Balaban J connectivity index is 0.000000261. The molecule has 0 atom stereocenters. The molecular formula is C11H10F3NO6S. The number of hydrogen-bond donors (Lipinski definition) is 2. The molecule has 0 aromatic heterocycles. The monoisotopic (exact) mass is 341 g/mol. The van der Waals surface area contributed by atoms with Gasteiger partial charge in [-0.15, -0.1) is 0 Å². The number of aliphatic hydroxyl groups is 1. The molecule has 2 N–H and O–H groups in total. The van der Waals surface area contributed by atoms with Gasteiger partial charge in [-0.25, -0.2) is 0 Å². The quantitative estimate of drug-likeness (QED) is 0.464. The summed E-state index contributed by atoms with van der Waals surface area (Å²) in [7, 11) is -5.84. The number of imide groups is 1. The van der Waals surface area contributed by atoms with Crippen LogP contribution in [0, 0.1) is 0 Å². The van der Waals surface area contributed by atoms with E-state index in [1.807, 2.05) is 0 Å². The summed E-state index contributed by atoms with van der Waals surface area (Å²) in [6.45, 7) is -0.141. The van der Waals surface area contributed by atoms with Gasteiger partial charge in [-0.05, 0) is 12.1 Å². The van der Waals surface area contributed by atoms with Gasteiger partial charge in [0.2, 0.25) is 0 Å². The van der Waals surface area contributed by atoms with Gasteiger partial charge < -0.3 is 5.11 Å². The molecule has 11 heteroatoms. The highest BCUT2D eigenvalue weighted by atomic mass is 32.2. The number of hydrogen-bond acceptors (Lipinski definition) is 5. The average Bonchev–Trinajstić information content (AvgIpc) is 2.64. The Kier molecular flexibility index (Phi) is 5.27. The largest absolute Gasteiger partial charge is 0.522 e. The smallest absolute Gasteiger partial charge is 0.395 e. The minimum absolute atomic E-state index is 0.0619. The first-order chi connectivity index (χ1) is 10.0. The second kappa shape index (κ2) is 6.42. The highest BCUT2D eigenvalue weighted by Crippen LogP contribution is 2.21. The molecule has 1 aromatic rings. The predicted octanol–water partition coefficient (Wildman–Crippen LogP) is 0.669. The van der Waals surface area contributed by atoms with E-state index in [4.69, 9.17) is 18.1 Å². The van der Waals surface area contributed by atoms with Crippen molar-refractivity contribution in [3.05, 3.63) is 35.4 Å². The topological polar surface area (TPSA) is 112 Å². The number of halogens is 3. The Labute approximate surface area is 122 Å². The number of benzene rings is 1. The van der Waals surface area contributed by atoms with E-state index in [9.17, 15) is 22.8 Å². The molecule has 0 aliphatic carbocycles. The molecule has 1 aliphatic heterocycles. The summed E-state index contributed by atoms with van der Waals surface area (Å²) in [5.41, 5.74) is -4.69. The predicted molar refractivity (Wildman–Crippen MR) is 66.5 cm³/mol. The molecule has 2 rings (SSSR count). The standard InChI is InChI=1S/C10H9NO3.CHF3O3S/c12-6-5-11-9(13)7-3-1-2-4-8(7)10(11)14;2-1(3,4)8(5,6)7/h1-4,12H,5-6H2;(H,5,6,7). The van der Waals surface area contributed by atoms with Gasteiger partial charge in [-0.1, -0.05) is 12.1 Å². The summed E-state index contributed by atoms with van der Waals surface area (Å²) in [6, 6.07) is 6.67. The SMILES string of the molecule is O=C1c2ccccc2C(=O)N1CCO.O=S(=O)(O)C(F)(F)F. The van der Waals surface area contributed by atoms with E-state index in [0.717, 1.165) is 4.90 Å². The first-order valence-electron chi connectivity index (χ1n) is 5.60. The molecule has 2 amide bonds. The van der Waals surface area contributed by atoms with Crippen LogP contribution < -0.4 is 0 Å². The minimum Gasteiger partial charge on any atom is -0.395 e. The van der Waals surface area contributed by atoms with Crippen LogP contribution in [0.3, 0.4) is 0 Å². The number of carbonyl (C=O) groups is 2. The number of amides is 2. The highest BCUT2D eigenvalue weighted by molar-refractivity contribution is 7.86. The summed E-state index contributed by atoms with van der Waals surface area (Å²) in [5.74, 6) is -0.640. The maximum atomic E-state index is 11.6. The Bertz CT molecular complexity index is 650. The third-order valence-corrected chi connectivity index (χ3v) is 3.08. The van der Waals surface area contributed by atoms with E-state index < -0.39 is 15.6 Å². The van der Waals surface area contributed by atoms with Crippen LogP contribution in [0.5, 0.6) is 0 Å². The number of carbonyl (C=O) groups excluding carboxylic acids is 2. The molecule has 0 unspecified atom stereocenters. The van der Waals surface area contributed by atoms with Gasteiger partial charge in [0.25, 0.3) is 11.8 Å². The average molecular weight is 341 g/mol. The Hall–Kier alpha value is -1.98. The first-order valence-corrected chi connectivity index (χ1v) is 7.04. The lowest BCUT2D eigenvalue weighted by molar-refractivity contribution is -0.0510. The minimum atomic E-state index is -5.84. The lowest BCUT2D eigenvalue weighted by atomic mass is 10.1. The van der Waals surface area contributed by atoms with Gasteiger partial charge in [0.1, 0.15) is 0 Å². The van der Waals surface area contributed by atoms with Crippen molar-refractivity contribution in [2.75, 3.05) is 13.2 Å². The highest BCUT2D eigenvalue weighted by Gasteiger charge is 2.44. The molecule has 7 nitrogen and oxygen atoms in total. The normalized spacial score (nSPS) is 14.5. The molecule has 0 fully saturated rings. The van der Waals surface area contributed by atoms with Crippen LogP contribution in [0.4, 0.5) is 13.2 Å². The van der Waals surface area contributed by atoms with Crippen LogP contribution in [-0.2, 0) is 10.1 Å². The maximum absolute atomic E-state index is 11.6. The molecular weight excluding hydrogens is 331 g/mol. The Morgan fingerprint density at radius 3 is 1.68 bits per heavy atom. The number of β-amino-alcohol motifs (C(OH)–C–C–N with tert-alkyl or cyclic N) is 1. The van der Waals surface area contributed by atoms with Crippen LogP contribution in [0.15, 0.2) is 24.3 Å². The fraction of sp³-hybridized carbons (Fsp3) is 0.273. The molecule has 0 saturated carbocycles. The summed E-state index contributed by atoms with van der Waals surface area (Å²) >= 11 is 0. The van der Waals surface area contributed by atoms with Crippen molar-refractivity contribution in [3.63, 3.8) is 0 Å². The van der Waals surface area contributed by atoms with Crippen LogP contribution in [-0.4, -0.2) is 53.5 Å². The Morgan fingerprint density at radius 2 is 1.41 bits per heavy atom. The molecule has 122 valence electrons. The number of rotatable bonds is 2. The van der Waals surface area contributed by atoms with Gasteiger partial charge >= 0.3 is 15.6 Å². The number of aliphatic hydroxyl groups excluding tert-OH is 1. The molecule has 0 bridgehead atoms. The van der Waals surface area contributed by atoms with E-state index in [1.165, 1.54) is 0 Å². The van der Waals surface area contributed by atoms with E-state index in [1.54, 1.807) is 24.3 Å². The van der Waals surface area contributed by atoms with Crippen LogP contribution >= 0.6 is 0 Å². The van der Waals surface area contributed by atoms with Crippen molar-refractivity contribution < 1.29 is 40.8 Å². The van der Waals surface area contributed by atoms with Gasteiger partial charge in [0.05, 0.1) is 24.3 Å². The maximum Gasteiger partial charge on any atom is 0.522 e. The van der Waals surface area contributed by atoms with E-state index in [0.29, 0.717) is 11.1 Å². The van der Waals surface area contributed by atoms with Crippen molar-refractivity contribution in [2.45, 2.75) is 5.51 Å². The third kappa shape index (κ3) is 3.81. The number of fused-ring (bicyclic) bond motifs is 1. The lowest BCUT2D eigenvalue weighted by Crippen LogP contribution is -2.32. The summed E-state index contributed by atoms with van der Waals surface area (Å²) < 4.78 is 57.5. The zero-order chi connectivity index (χ0) is 17.1. The second-order valence-electron chi connectivity index (χ2n) is 3.95. The van der Waals surface area contributed by atoms with E-state index in [2.05, 4.69) is 0 Å². The Morgan fingerprint density at radius 1 is 1.05 bits per heavy atom. The fourth-order valence-electron chi connectivity index (χ4n) is 1.54. The van der Waals surface area contributed by atoms with Crippen molar-refractivity contribution in [1.82, 2.24) is 4.90 Å². The zero-order valence-corrected chi connectivity index (χ0v) is 11.6. The molecule has 0 radical (unpaired) electrons. The van der Waals surface area contributed by atoms with E-state index in [-0.39, 0.29) is 25.0 Å². The lowest BCUT2D eigenvalue weighted by Gasteiger charge is -2.10. The van der Waals surface area contributed by atoms with Crippen molar-refractivity contribution in [1.29, 1.82) is 0 Å². The van der Waals surface area contributed by atoms with Crippen LogP contribution in [0.1, 0.15) is 20.7 Å². The first kappa shape index (κ1) is 18.1. The van der Waals surface area contributed by atoms with Gasteiger partial charge in [-0.2, -0.15) is 21.6 Å². The zero-order valence-electron chi connectivity index (χ0n) is 10.7. The summed E-state index contributed by atoms with van der Waals surface area (Å²) in [4.78, 5) is 24.2. The summed E-state index contributed by atoms with van der Waals surface area (Å²) in [5, 5.41) is 8.70. The van der Waals surface area contributed by atoms with Crippen molar-refractivity contribution in [3.8, 4) is 0 Å². The van der Waals surface area contributed by atoms with Gasteiger partial charge in [-0.3, -0.25) is 19.0 Å². The summed E-state index contributed by atoms with van der Waals surface area (Å²) in [6.07, 6.45) is 0. The molecule has 0 spiro atoms. The van der Waals surface area contributed by atoms with Gasteiger partial charge in [0.15, 0.2) is 0 Å². The van der Waals surface area contributed by atoms with E-state index >= 15 is 0 Å². The van der Waals surface area contributed by atoms with Crippen LogP contribution in [0.2, 0.25) is 0 Å². The number of alkyl halides is 3. The molecule has 1 aliphatic rings. The molecule has 1 aromatic carbocycles. The van der Waals surface area contributed by atoms with Crippen molar-refractivity contribution in [2.24, 2.45) is 0 Å². The molecule has 0 saturated heterocycles. The molecule has 1 heterocycles. The van der Waals surface area contributed by atoms with Gasteiger partial charge in [0, 0.05) is 0 Å². The van der Waals surface area contributed by atoms with Crippen molar-refractivity contribution >= 4 is 21.9 Å². The second-order valence-corrected chi connectivity index (χ2v) is 5.36. The molecule has 22 heavy (non-hydrogen) atoms.